The third-order valence-corrected chi connectivity index (χ3v) is 5.64. The first-order valence-electron chi connectivity index (χ1n) is 8.37. The predicted octanol–water partition coefficient (Wildman–Crippen LogP) is 4.77. The van der Waals surface area contributed by atoms with Crippen LogP contribution in [0.15, 0.2) is 58.9 Å². The van der Waals surface area contributed by atoms with E-state index in [-0.39, 0.29) is 11.7 Å². The fraction of sp³-hybridized carbons (Fsp3) is 0.211. The number of rotatable bonds is 8. The van der Waals surface area contributed by atoms with Gasteiger partial charge in [-0.25, -0.2) is 4.39 Å². The van der Waals surface area contributed by atoms with Crippen LogP contribution in [-0.4, -0.2) is 22.2 Å². The van der Waals surface area contributed by atoms with Crippen LogP contribution in [0.5, 0.6) is 5.75 Å². The van der Waals surface area contributed by atoms with Gasteiger partial charge < -0.3 is 4.74 Å². The van der Waals surface area contributed by atoms with Crippen LogP contribution in [0.4, 0.5) is 9.52 Å². The molecule has 3 aromatic rings. The molecule has 0 aliphatic carbocycles. The summed E-state index contributed by atoms with van der Waals surface area (Å²) in [5.41, 5.74) is 1.20. The van der Waals surface area contributed by atoms with Crippen LogP contribution in [0.3, 0.4) is 0 Å². The van der Waals surface area contributed by atoms with Crippen molar-refractivity contribution in [3.63, 3.8) is 0 Å². The van der Waals surface area contributed by atoms with E-state index in [2.05, 4.69) is 27.6 Å². The predicted molar refractivity (Wildman–Crippen MR) is 106 cm³/mol. The zero-order valence-corrected chi connectivity index (χ0v) is 16.2. The normalized spacial score (nSPS) is 11.8. The van der Waals surface area contributed by atoms with Crippen molar-refractivity contribution in [1.29, 1.82) is 0 Å². The van der Waals surface area contributed by atoms with Crippen LogP contribution in [0.1, 0.15) is 18.9 Å². The van der Waals surface area contributed by atoms with Crippen LogP contribution in [0, 0.1) is 5.82 Å². The van der Waals surface area contributed by atoms with Crippen LogP contribution < -0.4 is 10.1 Å². The van der Waals surface area contributed by atoms with Gasteiger partial charge in [0, 0.05) is 5.75 Å². The standard InChI is InChI=1S/C19H18FN3O2S2/c1-2-16(25-15-10-8-14(20)9-11-15)17(24)21-18-22-23-19(27-18)26-12-13-6-4-3-5-7-13/h3-11,16H,2,12H2,1H3,(H,21,22,24)/t16-/m0/s1. The van der Waals surface area contributed by atoms with E-state index >= 15 is 0 Å². The molecule has 1 heterocycles. The Morgan fingerprint density at radius 1 is 1.19 bits per heavy atom. The maximum atomic E-state index is 13.0. The van der Waals surface area contributed by atoms with Crippen molar-refractivity contribution in [2.75, 3.05) is 5.32 Å². The number of halogens is 1. The molecule has 1 aromatic heterocycles. The van der Waals surface area contributed by atoms with E-state index in [1.165, 1.54) is 41.2 Å². The van der Waals surface area contributed by atoms with E-state index in [1.54, 1.807) is 11.8 Å². The van der Waals surface area contributed by atoms with Crippen LogP contribution in [0.2, 0.25) is 0 Å². The second kappa shape index (κ2) is 9.48. The molecule has 27 heavy (non-hydrogen) atoms. The van der Waals surface area contributed by atoms with Gasteiger partial charge in [-0.05, 0) is 36.2 Å². The molecule has 0 saturated heterocycles. The third-order valence-electron chi connectivity index (χ3n) is 3.60. The maximum absolute atomic E-state index is 13.0. The van der Waals surface area contributed by atoms with E-state index in [1.807, 2.05) is 25.1 Å². The molecule has 1 amide bonds. The number of hydrogen-bond acceptors (Lipinski definition) is 6. The molecule has 1 N–H and O–H groups in total. The quantitative estimate of drug-likeness (QED) is 0.434. The van der Waals surface area contributed by atoms with E-state index < -0.39 is 6.10 Å². The van der Waals surface area contributed by atoms with Gasteiger partial charge in [0.05, 0.1) is 0 Å². The first kappa shape index (κ1) is 19.3. The fourth-order valence-corrected chi connectivity index (χ4v) is 3.93. The lowest BCUT2D eigenvalue weighted by molar-refractivity contribution is -0.122. The molecule has 5 nitrogen and oxygen atoms in total. The molecule has 0 fully saturated rings. The molecule has 0 saturated carbocycles. The molecule has 0 radical (unpaired) electrons. The van der Waals surface area contributed by atoms with Crippen LogP contribution >= 0.6 is 23.1 Å². The molecule has 140 valence electrons. The van der Waals surface area contributed by atoms with Gasteiger partial charge in [0.25, 0.3) is 5.91 Å². The zero-order valence-electron chi connectivity index (χ0n) is 14.6. The molecular formula is C19H18FN3O2S2. The molecule has 0 aliphatic rings. The largest absolute Gasteiger partial charge is 0.481 e. The topological polar surface area (TPSA) is 64.1 Å². The van der Waals surface area contributed by atoms with Gasteiger partial charge in [-0.3, -0.25) is 10.1 Å². The summed E-state index contributed by atoms with van der Waals surface area (Å²) in [5.74, 6) is 0.566. The molecule has 3 rings (SSSR count). The van der Waals surface area contributed by atoms with Gasteiger partial charge in [-0.2, -0.15) is 0 Å². The Kier molecular flexibility index (Phi) is 6.78. The SMILES string of the molecule is CC[C@H](Oc1ccc(F)cc1)C(=O)Nc1nnc(SCc2ccccc2)s1. The Morgan fingerprint density at radius 2 is 1.93 bits per heavy atom. The van der Waals surface area contributed by atoms with E-state index in [9.17, 15) is 9.18 Å². The highest BCUT2D eigenvalue weighted by atomic mass is 32.2. The summed E-state index contributed by atoms with van der Waals surface area (Å²) >= 11 is 2.89. The summed E-state index contributed by atoms with van der Waals surface area (Å²) in [6, 6.07) is 15.6. The molecule has 2 aromatic carbocycles. The Morgan fingerprint density at radius 3 is 2.63 bits per heavy atom. The maximum Gasteiger partial charge on any atom is 0.267 e. The molecule has 0 unspecified atom stereocenters. The van der Waals surface area contributed by atoms with Crippen molar-refractivity contribution < 1.29 is 13.9 Å². The van der Waals surface area contributed by atoms with Crippen molar-refractivity contribution in [3.8, 4) is 5.75 Å². The first-order chi connectivity index (χ1) is 13.1. The number of aromatic nitrogens is 2. The van der Waals surface area contributed by atoms with Gasteiger partial charge in [0.1, 0.15) is 11.6 Å². The van der Waals surface area contributed by atoms with Crippen LogP contribution in [0.25, 0.3) is 0 Å². The van der Waals surface area contributed by atoms with Gasteiger partial charge in [0.2, 0.25) is 5.13 Å². The number of benzene rings is 2. The molecule has 0 spiro atoms. The van der Waals surface area contributed by atoms with Crippen molar-refractivity contribution in [2.45, 2.75) is 29.5 Å². The Hall–Kier alpha value is -2.45. The minimum Gasteiger partial charge on any atom is -0.481 e. The van der Waals surface area contributed by atoms with E-state index in [0.29, 0.717) is 17.3 Å². The highest BCUT2D eigenvalue weighted by molar-refractivity contribution is 8.00. The highest BCUT2D eigenvalue weighted by Crippen LogP contribution is 2.28. The Labute approximate surface area is 165 Å². The lowest BCUT2D eigenvalue weighted by Crippen LogP contribution is -2.32. The average molecular weight is 404 g/mol. The summed E-state index contributed by atoms with van der Waals surface area (Å²) in [7, 11) is 0. The second-order valence-electron chi connectivity index (χ2n) is 5.61. The smallest absolute Gasteiger partial charge is 0.267 e. The third kappa shape index (κ3) is 5.77. The highest BCUT2D eigenvalue weighted by Gasteiger charge is 2.20. The van der Waals surface area contributed by atoms with Crippen molar-refractivity contribution in [3.05, 3.63) is 66.0 Å². The lowest BCUT2D eigenvalue weighted by atomic mass is 10.2. The minimum atomic E-state index is -0.695. The summed E-state index contributed by atoms with van der Waals surface area (Å²) < 4.78 is 19.4. The molecule has 1 atom stereocenters. The molecule has 8 heteroatoms. The number of carbonyl (C=O) groups is 1. The molecule has 0 bridgehead atoms. The summed E-state index contributed by atoms with van der Waals surface area (Å²) in [4.78, 5) is 12.4. The number of carbonyl (C=O) groups excluding carboxylic acids is 1. The minimum absolute atomic E-state index is 0.308. The summed E-state index contributed by atoms with van der Waals surface area (Å²) in [6.07, 6.45) is -0.225. The van der Waals surface area contributed by atoms with E-state index in [4.69, 9.17) is 4.74 Å². The van der Waals surface area contributed by atoms with Crippen molar-refractivity contribution >= 4 is 34.1 Å². The number of nitrogens with zero attached hydrogens (tertiary/aromatic N) is 2. The second-order valence-corrected chi connectivity index (χ2v) is 7.81. The lowest BCUT2D eigenvalue weighted by Gasteiger charge is -2.16. The van der Waals surface area contributed by atoms with Crippen LogP contribution in [-0.2, 0) is 10.5 Å². The number of anilines is 1. The number of nitrogens with one attached hydrogen (secondary N) is 1. The Bertz CT molecular complexity index is 872. The van der Waals surface area contributed by atoms with Gasteiger partial charge in [-0.15, -0.1) is 10.2 Å². The number of ether oxygens (including phenoxy) is 1. The average Bonchev–Trinajstić information content (AvgIpc) is 3.14. The van der Waals surface area contributed by atoms with Gasteiger partial charge >= 0.3 is 0 Å². The fourth-order valence-electron chi connectivity index (χ4n) is 2.22. The Balaban J connectivity index is 1.54. The number of hydrogen-bond donors (Lipinski definition) is 1. The summed E-state index contributed by atoms with van der Waals surface area (Å²) in [5, 5.41) is 11.3. The monoisotopic (exact) mass is 403 g/mol. The molecule has 0 aliphatic heterocycles. The first-order valence-corrected chi connectivity index (χ1v) is 10.2. The number of thioether (sulfide) groups is 1. The van der Waals surface area contributed by atoms with Gasteiger partial charge in [0.15, 0.2) is 10.4 Å². The van der Waals surface area contributed by atoms with Crippen molar-refractivity contribution in [2.24, 2.45) is 0 Å². The number of amides is 1. The van der Waals surface area contributed by atoms with Crippen molar-refractivity contribution in [1.82, 2.24) is 10.2 Å². The van der Waals surface area contributed by atoms with Gasteiger partial charge in [-0.1, -0.05) is 60.4 Å². The summed E-state index contributed by atoms with van der Waals surface area (Å²) in [6.45, 7) is 1.84. The zero-order chi connectivity index (χ0) is 19.1. The molecular weight excluding hydrogens is 385 g/mol. The van der Waals surface area contributed by atoms with E-state index in [0.717, 1.165) is 10.1 Å².